The minimum Gasteiger partial charge on any atom is -0.0886 e. The molecule has 15 heavy (non-hydrogen) atoms. The van der Waals surface area contributed by atoms with Crippen LogP contribution in [0.4, 0.5) is 0 Å². The number of hydrogen-bond donors (Lipinski definition) is 0. The lowest BCUT2D eigenvalue weighted by molar-refractivity contribution is 1.35. The fourth-order valence-electron chi connectivity index (χ4n) is 1.25. The molecule has 0 N–H and O–H groups in total. The van der Waals surface area contributed by atoms with Crippen molar-refractivity contribution in [3.63, 3.8) is 0 Å². The van der Waals surface area contributed by atoms with Gasteiger partial charge >= 0.3 is 0 Å². The van der Waals surface area contributed by atoms with Gasteiger partial charge in [0.15, 0.2) is 0 Å². The first-order valence-corrected chi connectivity index (χ1v) is 6.21. The number of hydrogen-bond acceptors (Lipinski definition) is 1. The number of benzene rings is 2. The molecule has 2 aromatic carbocycles. The summed E-state index contributed by atoms with van der Waals surface area (Å²) in [6, 6.07) is 16.4. The lowest BCUT2D eigenvalue weighted by Crippen LogP contribution is -1.79. The molecule has 0 amide bonds. The fraction of sp³-hybridized carbons (Fsp3) is 0. The van der Waals surface area contributed by atoms with Gasteiger partial charge < -0.3 is 0 Å². The van der Waals surface area contributed by atoms with Gasteiger partial charge in [-0.15, -0.1) is 0 Å². The molecule has 0 fully saturated rings. The second-order valence-electron chi connectivity index (χ2n) is 3.14. The number of halogens is 1. The summed E-state index contributed by atoms with van der Waals surface area (Å²) in [6.07, 6.45) is 0. The summed E-state index contributed by atoms with van der Waals surface area (Å²) >= 11 is 5.27. The molecule has 0 saturated heterocycles. The van der Waals surface area contributed by atoms with E-state index in [0.717, 1.165) is 10.0 Å². The van der Waals surface area contributed by atoms with Gasteiger partial charge in [0.2, 0.25) is 0 Å². The van der Waals surface area contributed by atoms with E-state index in [0.29, 0.717) is 0 Å². The van der Waals surface area contributed by atoms with E-state index in [2.05, 4.69) is 35.0 Å². The predicted molar refractivity (Wildman–Crippen MR) is 69.2 cm³/mol. The predicted octanol–water partition coefficient (Wildman–Crippen LogP) is 4.78. The lowest BCUT2D eigenvalue weighted by Gasteiger charge is -2.06. The normalized spacial score (nSPS) is 10.3. The Morgan fingerprint density at radius 2 is 1.47 bits per heavy atom. The Balaban J connectivity index is 2.30. The maximum Gasteiger partial charge on any atom is 0.0314 e. The minimum atomic E-state index is 1.07. The largest absolute Gasteiger partial charge is 0.0886 e. The Labute approximate surface area is 103 Å². The highest BCUT2D eigenvalue weighted by Gasteiger charge is 2.02. The third kappa shape index (κ3) is 2.64. The molecule has 2 rings (SSSR count). The molecular formula is C13H10BrS. The Morgan fingerprint density at radius 1 is 0.867 bits per heavy atom. The molecule has 0 unspecified atom stereocenters. The molecule has 0 nitrogen and oxygen atoms in total. The van der Waals surface area contributed by atoms with Crippen LogP contribution in [0.25, 0.3) is 0 Å². The van der Waals surface area contributed by atoms with Crippen LogP contribution in [0.2, 0.25) is 0 Å². The summed E-state index contributed by atoms with van der Waals surface area (Å²) in [5.41, 5.74) is 1.07. The lowest BCUT2D eigenvalue weighted by atomic mass is 10.2. The molecule has 0 aromatic heterocycles. The first-order chi connectivity index (χ1) is 7.27. The zero-order valence-electron chi connectivity index (χ0n) is 8.11. The molecule has 2 aromatic rings. The van der Waals surface area contributed by atoms with Crippen LogP contribution in [0.15, 0.2) is 62.8 Å². The highest BCUT2D eigenvalue weighted by Crippen LogP contribution is 2.34. The van der Waals surface area contributed by atoms with E-state index in [-0.39, 0.29) is 0 Å². The van der Waals surface area contributed by atoms with E-state index < -0.39 is 0 Å². The van der Waals surface area contributed by atoms with E-state index in [4.69, 9.17) is 0 Å². The molecule has 0 bridgehead atoms. The van der Waals surface area contributed by atoms with Crippen molar-refractivity contribution in [1.82, 2.24) is 0 Å². The van der Waals surface area contributed by atoms with Crippen molar-refractivity contribution in [2.24, 2.45) is 0 Å². The summed E-state index contributed by atoms with van der Waals surface area (Å²) in [6.45, 7) is 4.01. The van der Waals surface area contributed by atoms with E-state index in [1.165, 1.54) is 9.79 Å². The zero-order valence-corrected chi connectivity index (χ0v) is 10.5. The quantitative estimate of drug-likeness (QED) is 0.761. The van der Waals surface area contributed by atoms with E-state index in [9.17, 15) is 0 Å². The van der Waals surface area contributed by atoms with Crippen molar-refractivity contribution in [1.29, 1.82) is 0 Å². The molecule has 0 spiro atoms. The molecule has 0 aliphatic carbocycles. The van der Waals surface area contributed by atoms with E-state index in [1.807, 2.05) is 36.4 Å². The molecule has 0 aliphatic heterocycles. The van der Waals surface area contributed by atoms with Crippen LogP contribution in [0.3, 0.4) is 0 Å². The summed E-state index contributed by atoms with van der Waals surface area (Å²) in [4.78, 5) is 2.41. The first kappa shape index (κ1) is 10.8. The summed E-state index contributed by atoms with van der Waals surface area (Å²) in [5, 5.41) is 0. The summed E-state index contributed by atoms with van der Waals surface area (Å²) in [5.74, 6) is 0. The second kappa shape index (κ2) is 4.86. The van der Waals surface area contributed by atoms with Crippen molar-refractivity contribution in [2.75, 3.05) is 0 Å². The van der Waals surface area contributed by atoms with Gasteiger partial charge in [-0.2, -0.15) is 0 Å². The molecule has 0 saturated carbocycles. The summed E-state index contributed by atoms with van der Waals surface area (Å²) in [7, 11) is 0. The third-order valence-electron chi connectivity index (χ3n) is 2.03. The van der Waals surface area contributed by atoms with Gasteiger partial charge in [0, 0.05) is 14.3 Å². The van der Waals surface area contributed by atoms with Crippen molar-refractivity contribution < 1.29 is 0 Å². The highest BCUT2D eigenvalue weighted by molar-refractivity contribution is 9.10. The van der Waals surface area contributed by atoms with Crippen LogP contribution >= 0.6 is 27.7 Å². The average molecular weight is 278 g/mol. The maximum atomic E-state index is 4.01. The topological polar surface area (TPSA) is 0 Å². The Bertz CT molecular complexity index is 422. The van der Waals surface area contributed by atoms with Crippen LogP contribution in [-0.4, -0.2) is 0 Å². The van der Waals surface area contributed by atoms with Gasteiger partial charge in [-0.05, 0) is 46.6 Å². The van der Waals surface area contributed by atoms with Crippen LogP contribution in [-0.2, 0) is 0 Å². The smallest absolute Gasteiger partial charge is 0.0314 e. The molecule has 2 heteroatoms. The van der Waals surface area contributed by atoms with Gasteiger partial charge in [0.1, 0.15) is 0 Å². The van der Waals surface area contributed by atoms with Crippen molar-refractivity contribution in [3.05, 3.63) is 65.5 Å². The van der Waals surface area contributed by atoms with Gasteiger partial charge in [-0.25, -0.2) is 0 Å². The van der Waals surface area contributed by atoms with Crippen LogP contribution in [0.1, 0.15) is 5.56 Å². The maximum absolute atomic E-state index is 4.01. The molecule has 0 atom stereocenters. The van der Waals surface area contributed by atoms with Crippen LogP contribution < -0.4 is 0 Å². The molecule has 0 aliphatic rings. The molecule has 75 valence electrons. The standard InChI is InChI=1S/C13H10BrS/c1-10-6-2-4-8-12(10)15-13-9-5-3-7-11(13)14/h2-9H,1H2. The van der Waals surface area contributed by atoms with E-state index >= 15 is 0 Å². The minimum absolute atomic E-state index is 1.07. The monoisotopic (exact) mass is 277 g/mol. The Hall–Kier alpha value is -0.730. The van der Waals surface area contributed by atoms with E-state index in [1.54, 1.807) is 11.8 Å². The second-order valence-corrected chi connectivity index (χ2v) is 5.08. The Morgan fingerprint density at radius 3 is 2.13 bits per heavy atom. The highest BCUT2D eigenvalue weighted by atomic mass is 79.9. The first-order valence-electron chi connectivity index (χ1n) is 4.61. The van der Waals surface area contributed by atoms with Gasteiger partial charge in [0.25, 0.3) is 0 Å². The van der Waals surface area contributed by atoms with Gasteiger partial charge in [-0.1, -0.05) is 42.1 Å². The third-order valence-corrected chi connectivity index (χ3v) is 4.18. The molecular weight excluding hydrogens is 268 g/mol. The van der Waals surface area contributed by atoms with Crippen molar-refractivity contribution in [2.45, 2.75) is 9.79 Å². The Kier molecular flexibility index (Phi) is 3.49. The number of rotatable bonds is 2. The molecule has 1 radical (unpaired) electrons. The van der Waals surface area contributed by atoms with Crippen molar-refractivity contribution >= 4 is 27.7 Å². The van der Waals surface area contributed by atoms with Crippen LogP contribution in [0.5, 0.6) is 0 Å². The van der Waals surface area contributed by atoms with Gasteiger partial charge in [0.05, 0.1) is 0 Å². The van der Waals surface area contributed by atoms with Crippen molar-refractivity contribution in [3.8, 4) is 0 Å². The van der Waals surface area contributed by atoms with Crippen LogP contribution in [0, 0.1) is 6.92 Å². The van der Waals surface area contributed by atoms with Gasteiger partial charge in [-0.3, -0.25) is 0 Å². The zero-order chi connectivity index (χ0) is 10.7. The molecule has 0 heterocycles. The SMILES string of the molecule is [CH2]c1ccccc1Sc1ccccc1Br. The fourth-order valence-corrected chi connectivity index (χ4v) is 2.67. The summed E-state index contributed by atoms with van der Waals surface area (Å²) < 4.78 is 1.12. The average Bonchev–Trinajstić information content (AvgIpc) is 2.24.